The molecule has 0 radical (unpaired) electrons. The first-order valence-electron chi connectivity index (χ1n) is 6.77. The molecule has 2 aromatic carbocycles. The van der Waals surface area contributed by atoms with Crippen molar-refractivity contribution in [2.45, 2.75) is 6.54 Å². The van der Waals surface area contributed by atoms with Crippen LogP contribution in [-0.2, 0) is 6.54 Å². The van der Waals surface area contributed by atoms with Gasteiger partial charge in [0.25, 0.3) is 5.91 Å². The summed E-state index contributed by atoms with van der Waals surface area (Å²) in [6, 6.07) is 16.4. The largest absolute Gasteiger partial charge is 0.457 e. The first-order chi connectivity index (χ1) is 10.8. The number of nitrogens with zero attached hydrogens (tertiary/aromatic N) is 2. The molecule has 1 aromatic heterocycles. The molecule has 2 N–H and O–H groups in total. The highest BCUT2D eigenvalue weighted by atomic mass is 16.5. The lowest BCUT2D eigenvalue weighted by molar-refractivity contribution is 0.0950. The van der Waals surface area contributed by atoms with Crippen LogP contribution in [0.25, 0.3) is 0 Å². The molecule has 1 heterocycles. The Hall–Kier alpha value is -3.15. The molecule has 1 amide bonds. The molecular formula is C16H14N4O2. The number of rotatable bonds is 5. The van der Waals surface area contributed by atoms with Crippen LogP contribution in [0, 0.1) is 0 Å². The molecule has 0 bridgehead atoms. The van der Waals surface area contributed by atoms with Crippen molar-refractivity contribution in [3.63, 3.8) is 0 Å². The Kier molecular flexibility index (Phi) is 4.10. The summed E-state index contributed by atoms with van der Waals surface area (Å²) in [6.45, 7) is 0.319. The molecular weight excluding hydrogens is 280 g/mol. The normalized spacial score (nSPS) is 10.2. The van der Waals surface area contributed by atoms with E-state index in [1.807, 2.05) is 30.3 Å². The van der Waals surface area contributed by atoms with Gasteiger partial charge in [0.15, 0.2) is 0 Å². The van der Waals surface area contributed by atoms with E-state index in [9.17, 15) is 4.79 Å². The fourth-order valence-corrected chi connectivity index (χ4v) is 1.91. The minimum atomic E-state index is -0.193. The number of hydrogen-bond donors (Lipinski definition) is 2. The number of carbonyl (C=O) groups excluding carboxylic acids is 1. The summed E-state index contributed by atoms with van der Waals surface area (Å²) >= 11 is 0. The van der Waals surface area contributed by atoms with Gasteiger partial charge in [-0.1, -0.05) is 24.3 Å². The van der Waals surface area contributed by atoms with Gasteiger partial charge >= 0.3 is 0 Å². The third-order valence-corrected chi connectivity index (χ3v) is 2.97. The molecule has 0 spiro atoms. The highest BCUT2D eigenvalue weighted by Crippen LogP contribution is 2.21. The Bertz CT molecular complexity index is 742. The summed E-state index contributed by atoms with van der Waals surface area (Å²) in [4.78, 5) is 12.1. The van der Waals surface area contributed by atoms with Crippen molar-refractivity contribution in [2.75, 3.05) is 0 Å². The van der Waals surface area contributed by atoms with Gasteiger partial charge in [0.2, 0.25) is 0 Å². The summed E-state index contributed by atoms with van der Waals surface area (Å²) in [5.74, 6) is 1.14. The number of carbonyl (C=O) groups is 1. The molecule has 0 aliphatic rings. The number of benzene rings is 2. The second-order valence-electron chi connectivity index (χ2n) is 4.59. The number of hydrogen-bond acceptors (Lipinski definition) is 4. The Balaban J connectivity index is 1.66. The zero-order valence-electron chi connectivity index (χ0n) is 11.7. The highest BCUT2D eigenvalue weighted by Gasteiger charge is 2.07. The van der Waals surface area contributed by atoms with Crippen molar-refractivity contribution in [1.82, 2.24) is 20.7 Å². The van der Waals surface area contributed by atoms with Crippen LogP contribution in [0.4, 0.5) is 0 Å². The quantitative estimate of drug-likeness (QED) is 0.757. The van der Waals surface area contributed by atoms with Crippen LogP contribution in [0.1, 0.15) is 16.1 Å². The first kappa shape index (κ1) is 13.8. The van der Waals surface area contributed by atoms with Gasteiger partial charge in [0, 0.05) is 5.56 Å². The molecule has 0 unspecified atom stereocenters. The first-order valence-corrected chi connectivity index (χ1v) is 6.77. The maximum atomic E-state index is 12.1. The molecule has 0 aliphatic carbocycles. The minimum absolute atomic E-state index is 0.193. The van der Waals surface area contributed by atoms with E-state index in [-0.39, 0.29) is 5.91 Å². The fraction of sp³-hybridized carbons (Fsp3) is 0.0625. The average Bonchev–Trinajstić information content (AvgIpc) is 3.07. The van der Waals surface area contributed by atoms with Crippen LogP contribution in [0.5, 0.6) is 11.5 Å². The molecule has 3 rings (SSSR count). The molecule has 6 nitrogen and oxygen atoms in total. The highest BCUT2D eigenvalue weighted by molar-refractivity contribution is 5.94. The van der Waals surface area contributed by atoms with Gasteiger partial charge < -0.3 is 10.1 Å². The van der Waals surface area contributed by atoms with Gasteiger partial charge in [-0.25, -0.2) is 0 Å². The fourth-order valence-electron chi connectivity index (χ4n) is 1.91. The number of nitrogens with one attached hydrogen (secondary N) is 2. The van der Waals surface area contributed by atoms with E-state index in [2.05, 4.69) is 20.7 Å². The van der Waals surface area contributed by atoms with Gasteiger partial charge in [-0.05, 0) is 30.3 Å². The summed E-state index contributed by atoms with van der Waals surface area (Å²) in [5, 5.41) is 12.8. The summed E-state index contributed by atoms with van der Waals surface area (Å²) in [7, 11) is 0. The monoisotopic (exact) mass is 294 g/mol. The summed E-state index contributed by atoms with van der Waals surface area (Å²) < 4.78 is 5.71. The van der Waals surface area contributed by atoms with Crippen molar-refractivity contribution in [3.8, 4) is 11.5 Å². The van der Waals surface area contributed by atoms with Gasteiger partial charge in [0.1, 0.15) is 17.2 Å². The van der Waals surface area contributed by atoms with E-state index in [1.165, 1.54) is 0 Å². The molecule has 0 fully saturated rings. The SMILES string of the molecule is O=C(NCc1cn[nH]n1)c1cccc(Oc2ccccc2)c1. The lowest BCUT2D eigenvalue weighted by Crippen LogP contribution is -2.22. The Morgan fingerprint density at radius 1 is 1.09 bits per heavy atom. The van der Waals surface area contributed by atoms with Gasteiger partial charge in [-0.15, -0.1) is 0 Å². The van der Waals surface area contributed by atoms with Crippen molar-refractivity contribution in [1.29, 1.82) is 0 Å². The molecule has 110 valence electrons. The third kappa shape index (κ3) is 3.49. The predicted octanol–water partition coefficient (Wildman–Crippen LogP) is 2.53. The van der Waals surface area contributed by atoms with Crippen LogP contribution in [-0.4, -0.2) is 21.3 Å². The minimum Gasteiger partial charge on any atom is -0.457 e. The van der Waals surface area contributed by atoms with Crippen LogP contribution in [0.15, 0.2) is 60.8 Å². The van der Waals surface area contributed by atoms with Gasteiger partial charge in [-0.3, -0.25) is 4.79 Å². The topological polar surface area (TPSA) is 79.9 Å². The van der Waals surface area contributed by atoms with Gasteiger partial charge in [-0.2, -0.15) is 15.4 Å². The number of aromatic nitrogens is 3. The Morgan fingerprint density at radius 2 is 1.91 bits per heavy atom. The molecule has 3 aromatic rings. The zero-order valence-corrected chi connectivity index (χ0v) is 11.7. The second kappa shape index (κ2) is 6.53. The van der Waals surface area contributed by atoms with Crippen molar-refractivity contribution < 1.29 is 9.53 Å². The maximum Gasteiger partial charge on any atom is 0.251 e. The van der Waals surface area contributed by atoms with E-state index in [0.717, 1.165) is 5.75 Å². The van der Waals surface area contributed by atoms with E-state index in [1.54, 1.807) is 30.5 Å². The number of aromatic amines is 1. The second-order valence-corrected chi connectivity index (χ2v) is 4.59. The van der Waals surface area contributed by atoms with E-state index in [0.29, 0.717) is 23.6 Å². The summed E-state index contributed by atoms with van der Waals surface area (Å²) in [5.41, 5.74) is 1.20. The molecule has 0 saturated carbocycles. The third-order valence-electron chi connectivity index (χ3n) is 2.97. The number of ether oxygens (including phenoxy) is 1. The lowest BCUT2D eigenvalue weighted by Gasteiger charge is -2.07. The maximum absolute atomic E-state index is 12.1. The smallest absolute Gasteiger partial charge is 0.251 e. The number of amides is 1. The number of H-pyrrole nitrogens is 1. The number of para-hydroxylation sites is 1. The zero-order chi connectivity index (χ0) is 15.2. The summed E-state index contributed by atoms with van der Waals surface area (Å²) in [6.07, 6.45) is 1.56. The van der Waals surface area contributed by atoms with E-state index in [4.69, 9.17) is 4.74 Å². The molecule has 0 atom stereocenters. The standard InChI is InChI=1S/C16H14N4O2/c21-16(17-10-13-11-18-20-19-13)12-5-4-8-15(9-12)22-14-6-2-1-3-7-14/h1-9,11H,10H2,(H,17,21)(H,18,19,20). The Labute approximate surface area is 127 Å². The molecule has 0 saturated heterocycles. The molecule has 22 heavy (non-hydrogen) atoms. The van der Waals surface area contributed by atoms with Crippen molar-refractivity contribution in [3.05, 3.63) is 72.1 Å². The molecule has 0 aliphatic heterocycles. The molecule has 6 heteroatoms. The predicted molar refractivity (Wildman–Crippen MR) is 80.5 cm³/mol. The lowest BCUT2D eigenvalue weighted by atomic mass is 10.2. The van der Waals surface area contributed by atoms with Crippen LogP contribution < -0.4 is 10.1 Å². The van der Waals surface area contributed by atoms with Gasteiger partial charge in [0.05, 0.1) is 12.7 Å². The van der Waals surface area contributed by atoms with E-state index >= 15 is 0 Å². The van der Waals surface area contributed by atoms with Crippen LogP contribution >= 0.6 is 0 Å². The van der Waals surface area contributed by atoms with Crippen molar-refractivity contribution in [2.24, 2.45) is 0 Å². The Morgan fingerprint density at radius 3 is 2.68 bits per heavy atom. The van der Waals surface area contributed by atoms with Crippen molar-refractivity contribution >= 4 is 5.91 Å². The van der Waals surface area contributed by atoms with Crippen LogP contribution in [0.3, 0.4) is 0 Å². The average molecular weight is 294 g/mol. The van der Waals surface area contributed by atoms with E-state index < -0.39 is 0 Å². The van der Waals surface area contributed by atoms with Crippen LogP contribution in [0.2, 0.25) is 0 Å².